The van der Waals surface area contributed by atoms with Crippen molar-refractivity contribution in [1.82, 2.24) is 0 Å². The van der Waals surface area contributed by atoms with Gasteiger partial charge in [0.25, 0.3) is 0 Å². The van der Waals surface area contributed by atoms with Gasteiger partial charge in [0.05, 0.1) is 18.3 Å². The Labute approximate surface area is 123 Å². The predicted octanol–water partition coefficient (Wildman–Crippen LogP) is 5.05. The van der Waals surface area contributed by atoms with E-state index >= 15 is 0 Å². The van der Waals surface area contributed by atoms with Crippen LogP contribution in [0.4, 0.5) is 10.1 Å². The maximum absolute atomic E-state index is 13.7. The highest BCUT2D eigenvalue weighted by atomic mass is 35.5. The van der Waals surface area contributed by atoms with E-state index in [1.807, 2.05) is 38.1 Å². The van der Waals surface area contributed by atoms with Gasteiger partial charge in [-0.3, -0.25) is 0 Å². The highest BCUT2D eigenvalue weighted by Gasteiger charge is 2.13. The first kappa shape index (κ1) is 14.7. The number of anilines is 1. The Morgan fingerprint density at radius 1 is 1.25 bits per heavy atom. The van der Waals surface area contributed by atoms with Crippen molar-refractivity contribution >= 4 is 17.3 Å². The molecule has 1 N–H and O–H groups in total. The Bertz CT molecular complexity index is 588. The molecule has 1 atom stereocenters. The highest BCUT2D eigenvalue weighted by molar-refractivity contribution is 6.30. The zero-order valence-electron chi connectivity index (χ0n) is 11.5. The number of para-hydroxylation sites is 1. The standard InChI is InChI=1S/C16H17ClFNO/c1-3-20-16-7-5-4-6-13(16)11(2)19-15-10-12(17)8-9-14(15)18/h4-11,19H,3H2,1-2H3. The molecule has 4 heteroatoms. The molecule has 1 unspecified atom stereocenters. The van der Waals surface area contributed by atoms with Crippen molar-refractivity contribution in [3.8, 4) is 5.75 Å². The maximum atomic E-state index is 13.7. The first-order valence-corrected chi connectivity index (χ1v) is 6.93. The molecule has 0 fully saturated rings. The molecule has 2 aromatic rings. The number of benzene rings is 2. The molecule has 0 saturated carbocycles. The van der Waals surface area contributed by atoms with Crippen LogP contribution in [-0.2, 0) is 0 Å². The number of hydrogen-bond donors (Lipinski definition) is 1. The zero-order valence-corrected chi connectivity index (χ0v) is 12.2. The molecule has 0 amide bonds. The van der Waals surface area contributed by atoms with Gasteiger partial charge < -0.3 is 10.1 Å². The molecule has 0 saturated heterocycles. The lowest BCUT2D eigenvalue weighted by atomic mass is 10.1. The average molecular weight is 294 g/mol. The summed E-state index contributed by atoms with van der Waals surface area (Å²) in [7, 11) is 0. The highest BCUT2D eigenvalue weighted by Crippen LogP contribution is 2.29. The number of nitrogens with one attached hydrogen (secondary N) is 1. The lowest BCUT2D eigenvalue weighted by Gasteiger charge is -2.19. The largest absolute Gasteiger partial charge is 0.494 e. The van der Waals surface area contributed by atoms with Crippen LogP contribution in [0, 0.1) is 5.82 Å². The van der Waals surface area contributed by atoms with Gasteiger partial charge >= 0.3 is 0 Å². The normalized spacial score (nSPS) is 12.0. The van der Waals surface area contributed by atoms with Gasteiger partial charge in [-0.2, -0.15) is 0 Å². The fraction of sp³-hybridized carbons (Fsp3) is 0.250. The summed E-state index contributed by atoms with van der Waals surface area (Å²) in [6.45, 7) is 4.49. The monoisotopic (exact) mass is 293 g/mol. The molecule has 0 bridgehead atoms. The quantitative estimate of drug-likeness (QED) is 0.833. The molecule has 2 aromatic carbocycles. The van der Waals surface area contributed by atoms with Gasteiger partial charge in [0.2, 0.25) is 0 Å². The minimum absolute atomic E-state index is 0.0919. The predicted molar refractivity (Wildman–Crippen MR) is 81.1 cm³/mol. The van der Waals surface area contributed by atoms with Gasteiger partial charge in [0.1, 0.15) is 11.6 Å². The minimum atomic E-state index is -0.324. The Morgan fingerprint density at radius 2 is 2.00 bits per heavy atom. The lowest BCUT2D eigenvalue weighted by Crippen LogP contribution is -2.10. The van der Waals surface area contributed by atoms with Crippen LogP contribution in [0.2, 0.25) is 5.02 Å². The molecule has 0 aliphatic heterocycles. The molecule has 0 aromatic heterocycles. The Kier molecular flexibility index (Phi) is 4.85. The van der Waals surface area contributed by atoms with Gasteiger partial charge in [0.15, 0.2) is 0 Å². The van der Waals surface area contributed by atoms with Crippen LogP contribution in [0.3, 0.4) is 0 Å². The number of rotatable bonds is 5. The summed E-state index contributed by atoms with van der Waals surface area (Å²) < 4.78 is 19.3. The smallest absolute Gasteiger partial charge is 0.146 e. The van der Waals surface area contributed by atoms with Crippen LogP contribution >= 0.6 is 11.6 Å². The van der Waals surface area contributed by atoms with Crippen molar-refractivity contribution in [2.45, 2.75) is 19.9 Å². The summed E-state index contributed by atoms with van der Waals surface area (Å²) in [4.78, 5) is 0. The Hall–Kier alpha value is -1.74. The van der Waals surface area contributed by atoms with Crippen LogP contribution in [0.25, 0.3) is 0 Å². The van der Waals surface area contributed by atoms with Crippen molar-refractivity contribution in [3.63, 3.8) is 0 Å². The summed E-state index contributed by atoms with van der Waals surface area (Å²) in [5.41, 5.74) is 1.37. The first-order chi connectivity index (χ1) is 9.61. The van der Waals surface area contributed by atoms with E-state index in [9.17, 15) is 4.39 Å². The van der Waals surface area contributed by atoms with E-state index in [0.717, 1.165) is 11.3 Å². The maximum Gasteiger partial charge on any atom is 0.146 e. The third kappa shape index (κ3) is 3.42. The molecule has 0 heterocycles. The molecule has 2 rings (SSSR count). The molecular formula is C16H17ClFNO. The Balaban J connectivity index is 2.23. The van der Waals surface area contributed by atoms with E-state index in [0.29, 0.717) is 17.3 Å². The first-order valence-electron chi connectivity index (χ1n) is 6.55. The number of hydrogen-bond acceptors (Lipinski definition) is 2. The summed E-state index contributed by atoms with van der Waals surface area (Å²) in [6.07, 6.45) is 0. The fourth-order valence-electron chi connectivity index (χ4n) is 2.04. The molecule has 20 heavy (non-hydrogen) atoms. The van der Waals surface area contributed by atoms with Gasteiger partial charge in [0, 0.05) is 10.6 Å². The van der Waals surface area contributed by atoms with E-state index in [4.69, 9.17) is 16.3 Å². The van der Waals surface area contributed by atoms with Gasteiger partial charge in [-0.05, 0) is 38.1 Å². The van der Waals surface area contributed by atoms with Gasteiger partial charge in [-0.15, -0.1) is 0 Å². The Morgan fingerprint density at radius 3 is 2.75 bits per heavy atom. The van der Waals surface area contributed by atoms with E-state index < -0.39 is 0 Å². The van der Waals surface area contributed by atoms with Crippen molar-refractivity contribution < 1.29 is 9.13 Å². The number of halogens is 2. The molecule has 0 aliphatic rings. The van der Waals surface area contributed by atoms with Gasteiger partial charge in [-0.1, -0.05) is 29.8 Å². The lowest BCUT2D eigenvalue weighted by molar-refractivity contribution is 0.335. The van der Waals surface area contributed by atoms with Crippen LogP contribution in [0.5, 0.6) is 5.75 Å². The fourth-order valence-corrected chi connectivity index (χ4v) is 2.22. The zero-order chi connectivity index (χ0) is 14.5. The van der Waals surface area contributed by atoms with E-state index in [1.54, 1.807) is 6.07 Å². The third-order valence-electron chi connectivity index (χ3n) is 2.99. The third-order valence-corrected chi connectivity index (χ3v) is 3.22. The van der Waals surface area contributed by atoms with E-state index in [-0.39, 0.29) is 11.9 Å². The molecule has 106 valence electrons. The topological polar surface area (TPSA) is 21.3 Å². The van der Waals surface area contributed by atoms with Crippen molar-refractivity contribution in [3.05, 3.63) is 58.9 Å². The molecule has 0 spiro atoms. The van der Waals surface area contributed by atoms with E-state index in [1.165, 1.54) is 12.1 Å². The van der Waals surface area contributed by atoms with Crippen LogP contribution < -0.4 is 10.1 Å². The second kappa shape index (κ2) is 6.62. The average Bonchev–Trinajstić information content (AvgIpc) is 2.44. The summed E-state index contributed by atoms with van der Waals surface area (Å²) in [6, 6.07) is 12.1. The summed E-state index contributed by atoms with van der Waals surface area (Å²) in [5.74, 6) is 0.479. The SMILES string of the molecule is CCOc1ccccc1C(C)Nc1cc(Cl)ccc1F. The van der Waals surface area contributed by atoms with E-state index in [2.05, 4.69) is 5.32 Å². The molecule has 0 aliphatic carbocycles. The minimum Gasteiger partial charge on any atom is -0.494 e. The molecule has 2 nitrogen and oxygen atoms in total. The second-order valence-electron chi connectivity index (χ2n) is 4.46. The molecular weight excluding hydrogens is 277 g/mol. The second-order valence-corrected chi connectivity index (χ2v) is 4.90. The summed E-state index contributed by atoms with van der Waals surface area (Å²) in [5, 5.41) is 3.63. The molecule has 0 radical (unpaired) electrons. The van der Waals surface area contributed by atoms with Crippen molar-refractivity contribution in [1.29, 1.82) is 0 Å². The van der Waals surface area contributed by atoms with Crippen molar-refractivity contribution in [2.24, 2.45) is 0 Å². The summed E-state index contributed by atoms with van der Waals surface area (Å²) >= 11 is 5.90. The van der Waals surface area contributed by atoms with Crippen LogP contribution in [-0.4, -0.2) is 6.61 Å². The van der Waals surface area contributed by atoms with Crippen molar-refractivity contribution in [2.75, 3.05) is 11.9 Å². The van der Waals surface area contributed by atoms with Crippen LogP contribution in [0.15, 0.2) is 42.5 Å². The number of ether oxygens (including phenoxy) is 1. The van der Waals surface area contributed by atoms with Crippen LogP contribution in [0.1, 0.15) is 25.5 Å². The van der Waals surface area contributed by atoms with Gasteiger partial charge in [-0.25, -0.2) is 4.39 Å².